The zero-order chi connectivity index (χ0) is 21.0. The first-order valence-electron chi connectivity index (χ1n) is 10.2. The van der Waals surface area contributed by atoms with Crippen molar-refractivity contribution in [3.63, 3.8) is 0 Å². The number of ketones is 1. The Morgan fingerprint density at radius 1 is 1.20 bits per heavy atom. The molecule has 0 spiro atoms. The van der Waals surface area contributed by atoms with Crippen molar-refractivity contribution in [2.45, 2.75) is 38.4 Å². The molecule has 0 radical (unpaired) electrons. The van der Waals surface area contributed by atoms with E-state index in [1.165, 1.54) is 12.1 Å². The number of halogens is 1. The van der Waals surface area contributed by atoms with Gasteiger partial charge < -0.3 is 14.6 Å². The molecule has 2 bridgehead atoms. The normalized spacial score (nSPS) is 26.8. The smallest absolute Gasteiger partial charge is 0.173 e. The van der Waals surface area contributed by atoms with E-state index in [0.717, 1.165) is 24.5 Å². The van der Waals surface area contributed by atoms with Crippen molar-refractivity contribution in [1.82, 2.24) is 0 Å². The molecule has 5 nitrogen and oxygen atoms in total. The molecule has 30 heavy (non-hydrogen) atoms. The van der Waals surface area contributed by atoms with Crippen molar-refractivity contribution in [3.05, 3.63) is 64.7 Å². The standard InChI is InChI=1S/C24H20FNO4/c1-2-13-4-5-14(29-17-6-3-12(11-26)9-16(17)25)10-15(13)20-23(27)21-18-7-8-19(30-18)22(21)24(20)28/h3-6,9-10,18-19,21-22,27H,2,7-8H2,1H3/t18-,19+,21-,22+/m0/s1. The molecule has 2 fully saturated rings. The SMILES string of the molecule is CCc1ccc(Oc2ccc(C#N)cc2F)cc1C1=C(O)[C@@H]2[C@H](C1=O)[C@H]1CC[C@@H]2O1. The molecule has 2 aromatic rings. The third-order valence-corrected chi connectivity index (χ3v) is 6.41. The molecule has 2 aromatic carbocycles. The maximum absolute atomic E-state index is 14.2. The summed E-state index contributed by atoms with van der Waals surface area (Å²) in [6, 6.07) is 11.1. The number of aliphatic hydroxyl groups excluding tert-OH is 1. The molecule has 4 atom stereocenters. The van der Waals surface area contributed by atoms with Crippen molar-refractivity contribution >= 4 is 11.4 Å². The highest BCUT2D eigenvalue weighted by molar-refractivity contribution is 6.25. The average molecular weight is 405 g/mol. The van der Waals surface area contributed by atoms with Crippen molar-refractivity contribution in [2.24, 2.45) is 11.8 Å². The van der Waals surface area contributed by atoms with Crippen LogP contribution in [0.15, 0.2) is 42.2 Å². The highest BCUT2D eigenvalue weighted by atomic mass is 19.1. The Morgan fingerprint density at radius 3 is 2.63 bits per heavy atom. The molecule has 1 aliphatic carbocycles. The fourth-order valence-corrected chi connectivity index (χ4v) is 5.03. The number of hydrogen-bond acceptors (Lipinski definition) is 5. The summed E-state index contributed by atoms with van der Waals surface area (Å²) in [5.41, 5.74) is 2.08. The second-order valence-corrected chi connectivity index (χ2v) is 8.00. The number of fused-ring (bicyclic) bond motifs is 5. The van der Waals surface area contributed by atoms with Gasteiger partial charge in [0.2, 0.25) is 0 Å². The summed E-state index contributed by atoms with van der Waals surface area (Å²) in [5, 5.41) is 19.8. The van der Waals surface area contributed by atoms with Crippen LogP contribution in [-0.4, -0.2) is 23.1 Å². The molecule has 6 heteroatoms. The van der Waals surface area contributed by atoms with Gasteiger partial charge in [-0.05, 0) is 60.7 Å². The van der Waals surface area contributed by atoms with Gasteiger partial charge in [0.15, 0.2) is 17.3 Å². The average Bonchev–Trinajstić information content (AvgIpc) is 3.43. The van der Waals surface area contributed by atoms with Crippen LogP contribution < -0.4 is 4.74 Å². The molecule has 2 saturated heterocycles. The summed E-state index contributed by atoms with van der Waals surface area (Å²) in [6.45, 7) is 1.98. The van der Waals surface area contributed by atoms with Crippen LogP contribution >= 0.6 is 0 Å². The van der Waals surface area contributed by atoms with Gasteiger partial charge in [-0.3, -0.25) is 4.79 Å². The van der Waals surface area contributed by atoms with E-state index in [4.69, 9.17) is 14.7 Å². The molecule has 0 aromatic heterocycles. The number of aliphatic hydroxyl groups is 1. The number of rotatable bonds is 4. The summed E-state index contributed by atoms with van der Waals surface area (Å²) >= 11 is 0. The van der Waals surface area contributed by atoms with E-state index in [0.29, 0.717) is 23.3 Å². The summed E-state index contributed by atoms with van der Waals surface area (Å²) < 4.78 is 25.8. The number of nitriles is 1. The Bertz CT molecular complexity index is 1130. The second-order valence-electron chi connectivity index (χ2n) is 8.00. The number of carbonyl (C=O) groups excluding carboxylic acids is 1. The van der Waals surface area contributed by atoms with Gasteiger partial charge in [0.05, 0.1) is 41.2 Å². The summed E-state index contributed by atoms with van der Waals surface area (Å²) in [5.74, 6) is -0.855. The number of Topliss-reactive ketones (excluding diaryl/α,β-unsaturated/α-hetero) is 1. The molecule has 0 unspecified atom stereocenters. The number of nitrogens with zero attached hydrogens (tertiary/aromatic N) is 1. The van der Waals surface area contributed by atoms with Crippen LogP contribution in [0, 0.1) is 29.0 Å². The third kappa shape index (κ3) is 2.73. The Morgan fingerprint density at radius 2 is 1.97 bits per heavy atom. The number of allylic oxidation sites excluding steroid dienone is 1. The fourth-order valence-electron chi connectivity index (χ4n) is 5.03. The number of aryl methyl sites for hydroxylation is 1. The molecular formula is C24H20FNO4. The minimum atomic E-state index is -0.641. The van der Waals surface area contributed by atoms with E-state index in [1.807, 2.05) is 19.1 Å². The number of benzene rings is 2. The van der Waals surface area contributed by atoms with Crippen LogP contribution in [0.2, 0.25) is 0 Å². The quantitative estimate of drug-likeness (QED) is 0.798. The first-order chi connectivity index (χ1) is 14.5. The maximum Gasteiger partial charge on any atom is 0.173 e. The molecule has 3 aliphatic rings. The lowest BCUT2D eigenvalue weighted by Crippen LogP contribution is -2.29. The topological polar surface area (TPSA) is 79.5 Å². The van der Waals surface area contributed by atoms with E-state index >= 15 is 0 Å². The van der Waals surface area contributed by atoms with Crippen LogP contribution in [0.5, 0.6) is 11.5 Å². The molecule has 5 rings (SSSR count). The molecular weight excluding hydrogens is 385 g/mol. The molecule has 152 valence electrons. The number of ether oxygens (including phenoxy) is 2. The van der Waals surface area contributed by atoms with Crippen molar-refractivity contribution < 1.29 is 23.8 Å². The van der Waals surface area contributed by atoms with Crippen LogP contribution in [0.25, 0.3) is 5.57 Å². The Kier molecular flexibility index (Phi) is 4.37. The summed E-state index contributed by atoms with van der Waals surface area (Å²) in [6.07, 6.45) is 2.16. The summed E-state index contributed by atoms with van der Waals surface area (Å²) in [7, 11) is 0. The minimum Gasteiger partial charge on any atom is -0.511 e. The second kappa shape index (κ2) is 6.96. The first-order valence-corrected chi connectivity index (χ1v) is 10.2. The maximum atomic E-state index is 14.2. The third-order valence-electron chi connectivity index (χ3n) is 6.41. The molecule has 2 heterocycles. The highest BCUT2D eigenvalue weighted by Gasteiger charge is 2.59. The molecule has 0 amide bonds. The van der Waals surface area contributed by atoms with E-state index in [-0.39, 0.29) is 46.9 Å². The van der Waals surface area contributed by atoms with Gasteiger partial charge in [0.25, 0.3) is 0 Å². The Labute approximate surface area is 173 Å². The van der Waals surface area contributed by atoms with Crippen LogP contribution in [-0.2, 0) is 16.0 Å². The minimum absolute atomic E-state index is 0.0107. The van der Waals surface area contributed by atoms with E-state index in [9.17, 15) is 14.3 Å². The summed E-state index contributed by atoms with van der Waals surface area (Å²) in [4.78, 5) is 13.2. The number of hydrogen-bond donors (Lipinski definition) is 1. The Hall–Kier alpha value is -3.17. The van der Waals surface area contributed by atoms with Gasteiger partial charge in [-0.25, -0.2) is 4.39 Å². The van der Waals surface area contributed by atoms with Crippen LogP contribution in [0.1, 0.15) is 36.5 Å². The van der Waals surface area contributed by atoms with E-state index < -0.39 is 5.82 Å². The first kappa shape index (κ1) is 18.8. The van der Waals surface area contributed by atoms with Gasteiger partial charge in [0, 0.05) is 0 Å². The molecule has 2 aliphatic heterocycles. The predicted molar refractivity (Wildman–Crippen MR) is 106 cm³/mol. The van der Waals surface area contributed by atoms with Gasteiger partial charge in [-0.2, -0.15) is 5.26 Å². The van der Waals surface area contributed by atoms with Gasteiger partial charge in [-0.15, -0.1) is 0 Å². The van der Waals surface area contributed by atoms with E-state index in [1.54, 1.807) is 12.1 Å². The number of carbonyl (C=O) groups is 1. The Balaban J connectivity index is 1.53. The van der Waals surface area contributed by atoms with E-state index in [2.05, 4.69) is 0 Å². The van der Waals surface area contributed by atoms with Gasteiger partial charge >= 0.3 is 0 Å². The zero-order valence-electron chi connectivity index (χ0n) is 16.4. The van der Waals surface area contributed by atoms with Crippen LogP contribution in [0.3, 0.4) is 0 Å². The fraction of sp³-hybridized carbons (Fsp3) is 0.333. The lowest BCUT2D eigenvalue weighted by atomic mass is 9.80. The predicted octanol–water partition coefficient (Wildman–Crippen LogP) is 4.70. The van der Waals surface area contributed by atoms with Crippen molar-refractivity contribution in [2.75, 3.05) is 0 Å². The van der Waals surface area contributed by atoms with Crippen molar-refractivity contribution in [3.8, 4) is 17.6 Å². The zero-order valence-corrected chi connectivity index (χ0v) is 16.4. The lowest BCUT2D eigenvalue weighted by molar-refractivity contribution is -0.118. The largest absolute Gasteiger partial charge is 0.511 e. The lowest BCUT2D eigenvalue weighted by Gasteiger charge is -2.19. The van der Waals surface area contributed by atoms with Gasteiger partial charge in [0.1, 0.15) is 11.5 Å². The van der Waals surface area contributed by atoms with Crippen LogP contribution in [0.4, 0.5) is 4.39 Å². The van der Waals surface area contributed by atoms with Gasteiger partial charge in [-0.1, -0.05) is 13.0 Å². The molecule has 1 N–H and O–H groups in total. The van der Waals surface area contributed by atoms with Crippen molar-refractivity contribution in [1.29, 1.82) is 5.26 Å². The molecule has 0 saturated carbocycles. The highest BCUT2D eigenvalue weighted by Crippen LogP contribution is 2.54. The monoisotopic (exact) mass is 405 g/mol.